The van der Waals surface area contributed by atoms with Crippen molar-refractivity contribution in [2.75, 3.05) is 12.8 Å². The number of nitrogens with one attached hydrogen (secondary N) is 1. The molecule has 0 unspecified atom stereocenters. The van der Waals surface area contributed by atoms with Crippen molar-refractivity contribution in [1.82, 2.24) is 20.1 Å². The average molecular weight is 334 g/mol. The van der Waals surface area contributed by atoms with Gasteiger partial charge in [0.15, 0.2) is 5.16 Å². The molecule has 2 aromatic rings. The number of hydrogen-bond acceptors (Lipinski definition) is 5. The van der Waals surface area contributed by atoms with Crippen LogP contribution in [0.5, 0.6) is 5.75 Å². The molecule has 0 radical (unpaired) electrons. The Labute approximate surface area is 142 Å². The van der Waals surface area contributed by atoms with Crippen molar-refractivity contribution in [3.8, 4) is 5.75 Å². The van der Waals surface area contributed by atoms with Gasteiger partial charge in [-0.1, -0.05) is 37.7 Å². The Morgan fingerprint density at radius 3 is 2.83 bits per heavy atom. The number of nitrogens with zero attached hydrogens (tertiary/aromatic N) is 3. The van der Waals surface area contributed by atoms with Gasteiger partial charge in [0.25, 0.3) is 0 Å². The number of phenolic OH excluding ortho intramolecular Hbond substituents is 1. The van der Waals surface area contributed by atoms with Crippen LogP contribution in [0.4, 0.5) is 0 Å². The number of phenols is 1. The second-order valence-electron chi connectivity index (χ2n) is 6.06. The summed E-state index contributed by atoms with van der Waals surface area (Å²) in [5, 5.41) is 22.5. The average Bonchev–Trinajstić information content (AvgIpc) is 2.88. The van der Waals surface area contributed by atoms with Gasteiger partial charge in [-0.3, -0.25) is 0 Å². The van der Waals surface area contributed by atoms with E-state index in [4.69, 9.17) is 0 Å². The van der Waals surface area contributed by atoms with Gasteiger partial charge in [-0.15, -0.1) is 10.2 Å². The molecule has 126 valence electrons. The predicted molar refractivity (Wildman–Crippen MR) is 94.8 cm³/mol. The van der Waals surface area contributed by atoms with Crippen molar-refractivity contribution in [2.45, 2.75) is 44.9 Å². The van der Waals surface area contributed by atoms with E-state index in [0.29, 0.717) is 11.7 Å². The number of benzene rings is 1. The largest absolute Gasteiger partial charge is 0.508 e. The monoisotopic (exact) mass is 334 g/mol. The Morgan fingerprint density at radius 1 is 1.30 bits per heavy atom. The molecular formula is C17H26N4OS. The maximum atomic E-state index is 9.44. The van der Waals surface area contributed by atoms with Crippen molar-refractivity contribution >= 4 is 11.8 Å². The number of aromatic hydroxyl groups is 1. The van der Waals surface area contributed by atoms with Crippen LogP contribution < -0.4 is 5.32 Å². The van der Waals surface area contributed by atoms with Gasteiger partial charge in [-0.05, 0) is 42.8 Å². The van der Waals surface area contributed by atoms with Gasteiger partial charge in [0.1, 0.15) is 11.6 Å². The molecule has 1 aromatic heterocycles. The molecule has 0 saturated carbocycles. The van der Waals surface area contributed by atoms with Gasteiger partial charge in [0.2, 0.25) is 0 Å². The van der Waals surface area contributed by atoms with Gasteiger partial charge in [0.05, 0.1) is 0 Å². The molecule has 0 aliphatic carbocycles. The lowest BCUT2D eigenvalue weighted by molar-refractivity contribution is 0.473. The lowest BCUT2D eigenvalue weighted by atomic mass is 10.2. The molecule has 0 aliphatic heterocycles. The molecule has 0 saturated heterocycles. The third-order valence-electron chi connectivity index (χ3n) is 3.52. The zero-order chi connectivity index (χ0) is 16.7. The van der Waals surface area contributed by atoms with Crippen LogP contribution in [0.15, 0.2) is 29.4 Å². The van der Waals surface area contributed by atoms with Gasteiger partial charge in [0, 0.05) is 19.5 Å². The van der Waals surface area contributed by atoms with Crippen LogP contribution in [0.1, 0.15) is 31.7 Å². The highest BCUT2D eigenvalue weighted by Gasteiger charge is 2.12. The van der Waals surface area contributed by atoms with E-state index in [2.05, 4.69) is 33.9 Å². The highest BCUT2D eigenvalue weighted by molar-refractivity contribution is 7.98. The van der Waals surface area contributed by atoms with Crippen molar-refractivity contribution in [3.05, 3.63) is 35.7 Å². The van der Waals surface area contributed by atoms with Gasteiger partial charge >= 0.3 is 0 Å². The summed E-state index contributed by atoms with van der Waals surface area (Å²) in [4.78, 5) is 0. The van der Waals surface area contributed by atoms with Crippen LogP contribution >= 0.6 is 11.8 Å². The zero-order valence-electron chi connectivity index (χ0n) is 14.1. The summed E-state index contributed by atoms with van der Waals surface area (Å²) in [7, 11) is 0. The molecule has 0 atom stereocenters. The highest BCUT2D eigenvalue weighted by Crippen LogP contribution is 2.16. The van der Waals surface area contributed by atoms with Crippen molar-refractivity contribution < 1.29 is 5.11 Å². The Morgan fingerprint density at radius 2 is 2.13 bits per heavy atom. The first-order valence-corrected chi connectivity index (χ1v) is 9.27. The first-order chi connectivity index (χ1) is 11.1. The van der Waals surface area contributed by atoms with Crippen LogP contribution in [-0.2, 0) is 19.5 Å². The molecule has 23 heavy (non-hydrogen) atoms. The fourth-order valence-electron chi connectivity index (χ4n) is 2.47. The Kier molecular flexibility index (Phi) is 6.92. The summed E-state index contributed by atoms with van der Waals surface area (Å²) in [5.41, 5.74) is 1.10. The minimum absolute atomic E-state index is 0.315. The zero-order valence-corrected chi connectivity index (χ0v) is 14.9. The summed E-state index contributed by atoms with van der Waals surface area (Å²) < 4.78 is 2.24. The normalized spacial score (nSPS) is 11.3. The lowest BCUT2D eigenvalue weighted by Crippen LogP contribution is -2.16. The van der Waals surface area contributed by atoms with E-state index in [1.54, 1.807) is 23.9 Å². The molecule has 0 fully saturated rings. The number of hydrogen-bond donors (Lipinski definition) is 2. The Balaban J connectivity index is 1.79. The molecule has 2 rings (SSSR count). The van der Waals surface area contributed by atoms with Crippen LogP contribution in [0.25, 0.3) is 0 Å². The maximum absolute atomic E-state index is 9.44. The first kappa shape index (κ1) is 17.8. The van der Waals surface area contributed by atoms with E-state index < -0.39 is 0 Å². The maximum Gasteiger partial charge on any atom is 0.190 e. The minimum Gasteiger partial charge on any atom is -0.508 e. The van der Waals surface area contributed by atoms with E-state index in [1.165, 1.54) is 0 Å². The first-order valence-electron chi connectivity index (χ1n) is 8.05. The van der Waals surface area contributed by atoms with E-state index >= 15 is 0 Å². The Hall–Kier alpha value is -1.53. The van der Waals surface area contributed by atoms with Crippen LogP contribution in [0, 0.1) is 5.92 Å². The SMILES string of the molecule is CSc1nnc(CCCNCc2cccc(O)c2)n1CC(C)C. The van der Waals surface area contributed by atoms with E-state index in [9.17, 15) is 5.11 Å². The van der Waals surface area contributed by atoms with Gasteiger partial charge in [-0.2, -0.15) is 0 Å². The number of rotatable bonds is 9. The van der Waals surface area contributed by atoms with Crippen LogP contribution in [-0.4, -0.2) is 32.7 Å². The summed E-state index contributed by atoms with van der Waals surface area (Å²) in [6.45, 7) is 7.08. The van der Waals surface area contributed by atoms with Crippen molar-refractivity contribution in [2.24, 2.45) is 5.92 Å². The number of thioether (sulfide) groups is 1. The van der Waals surface area contributed by atoms with E-state index in [-0.39, 0.29) is 0 Å². The quantitative estimate of drug-likeness (QED) is 0.545. The summed E-state index contributed by atoms with van der Waals surface area (Å²) in [6, 6.07) is 7.35. The second kappa shape index (κ2) is 8.93. The Bertz CT molecular complexity index is 612. The third kappa shape index (κ3) is 5.55. The van der Waals surface area contributed by atoms with E-state index in [1.807, 2.05) is 18.4 Å². The standard InChI is InChI=1S/C17H26N4OS/c1-13(2)12-21-16(19-20-17(21)23-3)8-5-9-18-11-14-6-4-7-15(22)10-14/h4,6-7,10,13,18,22H,5,8-9,11-12H2,1-3H3. The number of aromatic nitrogens is 3. The third-order valence-corrected chi connectivity index (χ3v) is 4.18. The summed E-state index contributed by atoms with van der Waals surface area (Å²) in [6.07, 6.45) is 3.98. The molecule has 1 heterocycles. The van der Waals surface area contributed by atoms with E-state index in [0.717, 1.165) is 49.0 Å². The molecule has 1 aromatic carbocycles. The predicted octanol–water partition coefficient (Wildman–Crippen LogP) is 3.08. The molecular weight excluding hydrogens is 308 g/mol. The van der Waals surface area contributed by atoms with Gasteiger partial charge < -0.3 is 15.0 Å². The number of aryl methyl sites for hydroxylation is 1. The molecule has 5 nitrogen and oxygen atoms in total. The summed E-state index contributed by atoms with van der Waals surface area (Å²) in [5.74, 6) is 1.97. The smallest absolute Gasteiger partial charge is 0.190 e. The van der Waals surface area contributed by atoms with Crippen molar-refractivity contribution in [3.63, 3.8) is 0 Å². The molecule has 0 amide bonds. The highest BCUT2D eigenvalue weighted by atomic mass is 32.2. The molecule has 0 aliphatic rings. The summed E-state index contributed by atoms with van der Waals surface area (Å²) >= 11 is 1.65. The fourth-order valence-corrected chi connectivity index (χ4v) is 3.00. The molecule has 2 N–H and O–H groups in total. The molecule has 6 heteroatoms. The van der Waals surface area contributed by atoms with Crippen LogP contribution in [0.3, 0.4) is 0 Å². The second-order valence-corrected chi connectivity index (χ2v) is 6.83. The molecule has 0 spiro atoms. The minimum atomic E-state index is 0.315. The topological polar surface area (TPSA) is 63.0 Å². The lowest BCUT2D eigenvalue weighted by Gasteiger charge is -2.11. The van der Waals surface area contributed by atoms with Crippen molar-refractivity contribution in [1.29, 1.82) is 0 Å². The fraction of sp³-hybridized carbons (Fsp3) is 0.529. The van der Waals surface area contributed by atoms with Gasteiger partial charge in [-0.25, -0.2) is 0 Å². The van der Waals surface area contributed by atoms with Crippen LogP contribution in [0.2, 0.25) is 0 Å². The molecule has 0 bridgehead atoms.